The average Bonchev–Trinajstić information content (AvgIpc) is 3.59. The molecule has 0 aliphatic heterocycles. The summed E-state index contributed by atoms with van der Waals surface area (Å²) in [6, 6.07) is 24.5. The van der Waals surface area contributed by atoms with Gasteiger partial charge in [-0.05, 0) is 123 Å². The Labute approximate surface area is 229 Å². The number of rotatable bonds is 3. The Morgan fingerprint density at radius 3 is 2.38 bits per heavy atom. The number of benzene rings is 4. The van der Waals surface area contributed by atoms with Crippen LogP contribution in [-0.2, 0) is 29.5 Å². The summed E-state index contributed by atoms with van der Waals surface area (Å²) in [4.78, 5) is 13.5. The summed E-state index contributed by atoms with van der Waals surface area (Å²) in [5.74, 6) is 0. The van der Waals surface area contributed by atoms with Gasteiger partial charge in [0.15, 0.2) is 0 Å². The number of carbonyl (C=O) groups excluding carboxylic acids is 1. The molecule has 8 rings (SSSR count). The van der Waals surface area contributed by atoms with E-state index in [2.05, 4.69) is 104 Å². The van der Waals surface area contributed by atoms with E-state index in [0.29, 0.717) is 6.42 Å². The fourth-order valence-electron chi connectivity index (χ4n) is 7.66. The molecule has 1 unspecified atom stereocenters. The van der Waals surface area contributed by atoms with Crippen LogP contribution in [0.2, 0.25) is 0 Å². The maximum absolute atomic E-state index is 13.5. The number of fused-ring (bicyclic) bond motifs is 7. The molecule has 0 amide bonds. The second kappa shape index (κ2) is 8.38. The first kappa shape index (κ1) is 22.7. The van der Waals surface area contributed by atoms with Gasteiger partial charge in [0, 0.05) is 0 Å². The van der Waals surface area contributed by atoms with Crippen LogP contribution in [0.25, 0.3) is 46.6 Å². The molecule has 4 aliphatic rings. The van der Waals surface area contributed by atoms with Crippen molar-refractivity contribution < 1.29 is 4.79 Å². The lowest BCUT2D eigenvalue weighted by Crippen LogP contribution is -2.34. The molecule has 1 nitrogen and oxygen atoms in total. The van der Waals surface area contributed by atoms with Crippen LogP contribution in [0.5, 0.6) is 0 Å². The van der Waals surface area contributed by atoms with Gasteiger partial charge in [-0.15, -0.1) is 0 Å². The van der Waals surface area contributed by atoms with E-state index in [4.69, 9.17) is 0 Å². The van der Waals surface area contributed by atoms with E-state index in [9.17, 15) is 4.79 Å². The normalized spacial score (nSPS) is 19.6. The van der Waals surface area contributed by atoms with Crippen LogP contribution in [0.15, 0.2) is 78.4 Å². The molecule has 1 heteroatoms. The van der Waals surface area contributed by atoms with Gasteiger partial charge in [-0.2, -0.15) is 0 Å². The van der Waals surface area contributed by atoms with E-state index in [1.165, 1.54) is 77.9 Å². The van der Waals surface area contributed by atoms with Gasteiger partial charge in [-0.25, -0.2) is 0 Å². The van der Waals surface area contributed by atoms with Crippen molar-refractivity contribution >= 4 is 30.6 Å². The third kappa shape index (κ3) is 3.23. The zero-order chi connectivity index (χ0) is 26.1. The lowest BCUT2D eigenvalue weighted by atomic mass is 9.67. The summed E-state index contributed by atoms with van der Waals surface area (Å²) in [6.45, 7) is 2.24. The molecule has 4 aliphatic carbocycles. The summed E-state index contributed by atoms with van der Waals surface area (Å²) in [7, 11) is 0. The van der Waals surface area contributed by atoms with E-state index in [0.717, 1.165) is 31.2 Å². The molecule has 0 fully saturated rings. The molecule has 0 spiro atoms. The second-order valence-electron chi connectivity index (χ2n) is 11.6. The summed E-state index contributed by atoms with van der Waals surface area (Å²) in [6.07, 6.45) is 17.3. The van der Waals surface area contributed by atoms with E-state index in [1.54, 1.807) is 0 Å². The van der Waals surface area contributed by atoms with Crippen molar-refractivity contribution in [2.45, 2.75) is 44.4 Å². The lowest BCUT2D eigenvalue weighted by Gasteiger charge is -2.35. The molecule has 188 valence electrons. The smallest absolute Gasteiger partial charge is 0.135 e. The molecule has 39 heavy (non-hydrogen) atoms. The van der Waals surface area contributed by atoms with Crippen molar-refractivity contribution in [1.29, 1.82) is 0 Å². The summed E-state index contributed by atoms with van der Waals surface area (Å²) in [5, 5.41) is 2.41. The molecule has 0 aromatic heterocycles. The molecular formula is C38H30O. The summed E-state index contributed by atoms with van der Waals surface area (Å²) >= 11 is 0. The van der Waals surface area contributed by atoms with Gasteiger partial charge in [0.05, 0.1) is 5.41 Å². The summed E-state index contributed by atoms with van der Waals surface area (Å²) < 4.78 is 0. The third-order valence-electron chi connectivity index (χ3n) is 9.53. The molecule has 0 heterocycles. The molecule has 1 atom stereocenters. The van der Waals surface area contributed by atoms with Gasteiger partial charge in [0.25, 0.3) is 0 Å². The molecule has 0 radical (unpaired) electrons. The molecule has 0 bridgehead atoms. The van der Waals surface area contributed by atoms with Crippen molar-refractivity contribution in [1.82, 2.24) is 0 Å². The second-order valence-corrected chi connectivity index (χ2v) is 11.6. The minimum absolute atomic E-state index is 0.692. The zero-order valence-corrected chi connectivity index (χ0v) is 22.3. The highest BCUT2D eigenvalue weighted by Gasteiger charge is 2.42. The minimum atomic E-state index is -0.692. The number of carbonyl (C=O) groups is 1. The van der Waals surface area contributed by atoms with E-state index in [1.807, 2.05) is 0 Å². The molecule has 4 aromatic rings. The molecule has 4 aromatic carbocycles. The standard InChI is InChI=1S/C38H30O/c1-24-10-12-30-28(20-24)11-13-33-32(30)16-17-35-34(33)15-14-31(25-6-3-2-4-7-25)37(35)38(23-39)19-18-29-21-26-8-5-9-27(26)22-36(29)38/h2-9,11,13-15,18,20-23H,10,12,16-17,19H2,1H3. The highest BCUT2D eigenvalue weighted by atomic mass is 16.1. The Kier molecular flexibility index (Phi) is 4.89. The maximum atomic E-state index is 13.5. The van der Waals surface area contributed by atoms with Gasteiger partial charge >= 0.3 is 0 Å². The first-order valence-electron chi connectivity index (χ1n) is 14.2. The van der Waals surface area contributed by atoms with Gasteiger partial charge < -0.3 is 4.79 Å². The van der Waals surface area contributed by atoms with Crippen molar-refractivity contribution in [2.75, 3.05) is 0 Å². The van der Waals surface area contributed by atoms with Crippen LogP contribution >= 0.6 is 0 Å². The Balaban J connectivity index is 1.42. The third-order valence-corrected chi connectivity index (χ3v) is 9.53. The quantitative estimate of drug-likeness (QED) is 0.277. The minimum Gasteiger partial charge on any atom is -0.302 e. The lowest BCUT2D eigenvalue weighted by molar-refractivity contribution is -0.111. The van der Waals surface area contributed by atoms with Crippen molar-refractivity contribution in [2.24, 2.45) is 0 Å². The number of allylic oxidation sites excluding steroid dienone is 2. The van der Waals surface area contributed by atoms with E-state index < -0.39 is 5.41 Å². The van der Waals surface area contributed by atoms with E-state index >= 15 is 0 Å². The fraction of sp³-hybridized carbons (Fsp3) is 0.184. The monoisotopic (exact) mass is 502 g/mol. The Morgan fingerprint density at radius 2 is 1.51 bits per heavy atom. The maximum Gasteiger partial charge on any atom is 0.135 e. The van der Waals surface area contributed by atoms with Crippen LogP contribution < -0.4 is 10.4 Å². The number of hydrogen-bond donors (Lipinski definition) is 0. The Bertz CT molecular complexity index is 1900. The zero-order valence-electron chi connectivity index (χ0n) is 22.3. The highest BCUT2D eigenvalue weighted by Crippen LogP contribution is 2.49. The van der Waals surface area contributed by atoms with Gasteiger partial charge in [0.2, 0.25) is 0 Å². The number of aldehydes is 1. The molecule has 0 saturated carbocycles. The molecule has 0 N–H and O–H groups in total. The molecular weight excluding hydrogens is 472 g/mol. The summed E-state index contributed by atoms with van der Waals surface area (Å²) in [5.41, 5.74) is 15.2. The topological polar surface area (TPSA) is 17.1 Å². The van der Waals surface area contributed by atoms with Crippen molar-refractivity contribution in [3.8, 4) is 22.3 Å². The van der Waals surface area contributed by atoms with E-state index in [-0.39, 0.29) is 0 Å². The molecule has 0 saturated heterocycles. The number of hydrogen-bond acceptors (Lipinski definition) is 1. The average molecular weight is 503 g/mol. The van der Waals surface area contributed by atoms with Gasteiger partial charge in [-0.3, -0.25) is 0 Å². The van der Waals surface area contributed by atoms with Crippen LogP contribution in [0.3, 0.4) is 0 Å². The van der Waals surface area contributed by atoms with Crippen molar-refractivity contribution in [3.63, 3.8) is 0 Å². The predicted octanol–water partition coefficient (Wildman–Crippen LogP) is 6.95. The SMILES string of the molecule is CC1=Cc2ccc3c(c2CC1)CCc1c-3ccc(-c2ccccc2)c1C1(C=O)CC=c2cc3c(cc21)=CC=C3. The van der Waals surface area contributed by atoms with Gasteiger partial charge in [-0.1, -0.05) is 90.6 Å². The largest absolute Gasteiger partial charge is 0.302 e. The Hall–Kier alpha value is -4.23. The Morgan fingerprint density at radius 1 is 0.744 bits per heavy atom. The first-order chi connectivity index (χ1) is 19.2. The fourth-order valence-corrected chi connectivity index (χ4v) is 7.66. The predicted molar refractivity (Wildman–Crippen MR) is 162 cm³/mol. The van der Waals surface area contributed by atoms with Crippen LogP contribution in [0.1, 0.15) is 58.7 Å². The van der Waals surface area contributed by atoms with Crippen LogP contribution in [0.4, 0.5) is 0 Å². The van der Waals surface area contributed by atoms with Crippen LogP contribution in [-0.4, -0.2) is 6.29 Å². The first-order valence-corrected chi connectivity index (χ1v) is 14.2. The van der Waals surface area contributed by atoms with Crippen LogP contribution in [0, 0.1) is 0 Å². The van der Waals surface area contributed by atoms with Crippen molar-refractivity contribution in [3.05, 3.63) is 128 Å². The highest BCUT2D eigenvalue weighted by molar-refractivity contribution is 5.90. The van der Waals surface area contributed by atoms with Gasteiger partial charge in [0.1, 0.15) is 6.29 Å².